The molecule has 9 heteroatoms. The third-order valence-corrected chi connectivity index (χ3v) is 3.44. The third kappa shape index (κ3) is 4.13. The maximum absolute atomic E-state index is 12.2. The van der Waals surface area contributed by atoms with Gasteiger partial charge in [0.2, 0.25) is 11.8 Å². The Morgan fingerprint density at radius 1 is 1.43 bits per heavy atom. The van der Waals surface area contributed by atoms with Gasteiger partial charge in [-0.3, -0.25) is 9.59 Å². The Hall–Kier alpha value is -1.71. The number of carboxylic acids is 1. The minimum Gasteiger partial charge on any atom is -0.480 e. The predicted molar refractivity (Wildman–Crippen MR) is 71.0 cm³/mol. The molecule has 0 aliphatic carbocycles. The number of nitrogens with zero attached hydrogens (tertiary/aromatic N) is 1. The van der Waals surface area contributed by atoms with Crippen LogP contribution in [0.25, 0.3) is 0 Å². The first-order valence-corrected chi connectivity index (χ1v) is 6.67. The van der Waals surface area contributed by atoms with Crippen LogP contribution in [0.1, 0.15) is 19.8 Å². The predicted octanol–water partition coefficient (Wildman–Crippen LogP) is -2.75. The van der Waals surface area contributed by atoms with Crippen molar-refractivity contribution in [3.8, 4) is 0 Å². The molecule has 6 N–H and O–H groups in total. The molecule has 1 rings (SSSR count). The molecule has 0 radical (unpaired) electrons. The van der Waals surface area contributed by atoms with E-state index in [2.05, 4.69) is 5.32 Å². The van der Waals surface area contributed by atoms with Crippen LogP contribution in [0.5, 0.6) is 0 Å². The number of likely N-dealkylation sites (tertiary alicyclic amines) is 1. The lowest BCUT2D eigenvalue weighted by molar-refractivity contribution is -0.150. The Balaban J connectivity index is 2.73. The number of aliphatic hydroxyl groups is 2. The molecular formula is C12H21N3O6. The molecule has 1 aliphatic heterocycles. The first-order valence-electron chi connectivity index (χ1n) is 6.67. The summed E-state index contributed by atoms with van der Waals surface area (Å²) in [6.07, 6.45) is -0.236. The largest absolute Gasteiger partial charge is 0.480 e. The molecule has 1 saturated heterocycles. The number of nitrogens with two attached hydrogens (primary N) is 1. The fraction of sp³-hybridized carbons (Fsp3) is 0.750. The van der Waals surface area contributed by atoms with Gasteiger partial charge in [0.1, 0.15) is 18.1 Å². The summed E-state index contributed by atoms with van der Waals surface area (Å²) >= 11 is 0. The summed E-state index contributed by atoms with van der Waals surface area (Å²) in [5, 5.41) is 29.7. The van der Waals surface area contributed by atoms with Crippen LogP contribution in [0.15, 0.2) is 0 Å². The van der Waals surface area contributed by atoms with E-state index in [-0.39, 0.29) is 6.54 Å². The van der Waals surface area contributed by atoms with Gasteiger partial charge in [-0.1, -0.05) is 0 Å². The number of aliphatic carboxylic acids is 1. The number of aliphatic hydroxyl groups excluding tert-OH is 2. The number of carbonyl (C=O) groups is 3. The third-order valence-electron chi connectivity index (χ3n) is 3.44. The van der Waals surface area contributed by atoms with Crippen molar-refractivity contribution in [3.05, 3.63) is 0 Å². The summed E-state index contributed by atoms with van der Waals surface area (Å²) in [5.41, 5.74) is 5.43. The summed E-state index contributed by atoms with van der Waals surface area (Å²) in [6, 6.07) is -3.46. The van der Waals surface area contributed by atoms with E-state index in [1.165, 1.54) is 6.92 Å². The Labute approximate surface area is 121 Å². The molecule has 4 atom stereocenters. The van der Waals surface area contributed by atoms with Crippen molar-refractivity contribution in [2.75, 3.05) is 13.2 Å². The second kappa shape index (κ2) is 7.34. The Kier molecular flexibility index (Phi) is 6.06. The molecule has 0 saturated carbocycles. The number of rotatable bonds is 6. The van der Waals surface area contributed by atoms with Gasteiger partial charge in [0.05, 0.1) is 12.7 Å². The first kappa shape index (κ1) is 17.3. The van der Waals surface area contributed by atoms with Crippen molar-refractivity contribution < 1.29 is 29.7 Å². The van der Waals surface area contributed by atoms with Crippen molar-refractivity contribution >= 4 is 17.8 Å². The van der Waals surface area contributed by atoms with E-state index in [0.29, 0.717) is 12.8 Å². The summed E-state index contributed by atoms with van der Waals surface area (Å²) in [6.45, 7) is 0.894. The van der Waals surface area contributed by atoms with E-state index in [1.54, 1.807) is 0 Å². The molecule has 0 unspecified atom stereocenters. The van der Waals surface area contributed by atoms with E-state index in [9.17, 15) is 24.6 Å². The molecular weight excluding hydrogens is 282 g/mol. The zero-order chi connectivity index (χ0) is 16.2. The van der Waals surface area contributed by atoms with E-state index >= 15 is 0 Å². The molecule has 1 heterocycles. The fourth-order valence-electron chi connectivity index (χ4n) is 2.16. The van der Waals surface area contributed by atoms with Gasteiger partial charge < -0.3 is 31.3 Å². The Bertz CT molecular complexity index is 414. The van der Waals surface area contributed by atoms with Crippen molar-refractivity contribution in [3.63, 3.8) is 0 Å². The van der Waals surface area contributed by atoms with Gasteiger partial charge >= 0.3 is 5.97 Å². The van der Waals surface area contributed by atoms with Gasteiger partial charge in [-0.05, 0) is 19.8 Å². The van der Waals surface area contributed by atoms with Crippen molar-refractivity contribution in [1.29, 1.82) is 0 Å². The molecule has 1 fully saturated rings. The van der Waals surface area contributed by atoms with E-state index in [4.69, 9.17) is 10.8 Å². The van der Waals surface area contributed by atoms with Gasteiger partial charge in [-0.15, -0.1) is 0 Å². The van der Waals surface area contributed by atoms with E-state index in [0.717, 1.165) is 4.90 Å². The van der Waals surface area contributed by atoms with E-state index < -0.39 is 48.6 Å². The van der Waals surface area contributed by atoms with Gasteiger partial charge in [-0.25, -0.2) is 4.79 Å². The molecule has 9 nitrogen and oxygen atoms in total. The zero-order valence-corrected chi connectivity index (χ0v) is 11.7. The van der Waals surface area contributed by atoms with Gasteiger partial charge in [0.25, 0.3) is 0 Å². The highest BCUT2D eigenvalue weighted by Gasteiger charge is 2.37. The van der Waals surface area contributed by atoms with Crippen LogP contribution in [-0.4, -0.2) is 75.4 Å². The highest BCUT2D eigenvalue weighted by Crippen LogP contribution is 2.18. The molecule has 21 heavy (non-hydrogen) atoms. The second-order valence-electron chi connectivity index (χ2n) is 5.04. The molecule has 0 aromatic rings. The smallest absolute Gasteiger partial charge is 0.326 e. The summed E-state index contributed by atoms with van der Waals surface area (Å²) in [7, 11) is 0. The minimum atomic E-state index is -1.28. The molecule has 0 aromatic heterocycles. The maximum Gasteiger partial charge on any atom is 0.326 e. The van der Waals surface area contributed by atoms with Crippen LogP contribution in [0.3, 0.4) is 0 Å². The number of carbonyl (C=O) groups excluding carboxylic acids is 2. The quantitative estimate of drug-likeness (QED) is 0.356. The standard InChI is InChI=1S/C12H21N3O6/c1-6(17)9(13)10(18)14-7(5-16)11(19)15-4-2-3-8(15)12(20)21/h6-9,16-17H,2-5,13H2,1H3,(H,14,18)(H,20,21)/t6-,7+,8-,9+/m1/s1. The number of nitrogens with one attached hydrogen (secondary N) is 1. The number of carboxylic acid groups (broad SMARTS) is 1. The molecule has 0 aromatic carbocycles. The van der Waals surface area contributed by atoms with Crippen molar-refractivity contribution in [2.45, 2.75) is 44.0 Å². The van der Waals surface area contributed by atoms with Gasteiger partial charge in [-0.2, -0.15) is 0 Å². The first-order chi connectivity index (χ1) is 9.79. The summed E-state index contributed by atoms with van der Waals surface area (Å²) in [4.78, 5) is 36.1. The highest BCUT2D eigenvalue weighted by atomic mass is 16.4. The molecule has 2 amide bonds. The van der Waals surface area contributed by atoms with Gasteiger partial charge in [0.15, 0.2) is 0 Å². The van der Waals surface area contributed by atoms with Crippen LogP contribution in [0.4, 0.5) is 0 Å². The average molecular weight is 303 g/mol. The zero-order valence-electron chi connectivity index (χ0n) is 11.7. The second-order valence-corrected chi connectivity index (χ2v) is 5.04. The SMILES string of the molecule is C[C@@H](O)[C@H](N)C(=O)N[C@@H](CO)C(=O)N1CCC[C@@H]1C(=O)O. The Morgan fingerprint density at radius 2 is 2.05 bits per heavy atom. The van der Waals surface area contributed by atoms with E-state index in [1.807, 2.05) is 0 Å². The van der Waals surface area contributed by atoms with Crippen LogP contribution in [0.2, 0.25) is 0 Å². The summed E-state index contributed by atoms with van der Waals surface area (Å²) in [5.74, 6) is -2.58. The molecule has 0 spiro atoms. The topological polar surface area (TPSA) is 153 Å². The monoisotopic (exact) mass is 303 g/mol. The average Bonchev–Trinajstić information content (AvgIpc) is 2.92. The summed E-state index contributed by atoms with van der Waals surface area (Å²) < 4.78 is 0. The van der Waals surface area contributed by atoms with Crippen LogP contribution in [0, 0.1) is 0 Å². The van der Waals surface area contributed by atoms with Gasteiger partial charge in [0, 0.05) is 6.54 Å². The maximum atomic E-state index is 12.2. The lowest BCUT2D eigenvalue weighted by atomic mass is 10.1. The molecule has 0 bridgehead atoms. The normalized spacial score (nSPS) is 22.5. The highest BCUT2D eigenvalue weighted by molar-refractivity contribution is 5.92. The lowest BCUT2D eigenvalue weighted by Crippen LogP contribution is -2.57. The van der Waals surface area contributed by atoms with Crippen LogP contribution < -0.4 is 11.1 Å². The number of amides is 2. The fourth-order valence-corrected chi connectivity index (χ4v) is 2.16. The van der Waals surface area contributed by atoms with Crippen molar-refractivity contribution in [1.82, 2.24) is 10.2 Å². The number of hydrogen-bond donors (Lipinski definition) is 5. The number of hydrogen-bond acceptors (Lipinski definition) is 6. The Morgan fingerprint density at radius 3 is 2.52 bits per heavy atom. The minimum absolute atomic E-state index is 0.255. The van der Waals surface area contributed by atoms with Crippen LogP contribution >= 0.6 is 0 Å². The lowest BCUT2D eigenvalue weighted by Gasteiger charge is -2.27. The molecule has 120 valence electrons. The van der Waals surface area contributed by atoms with Crippen molar-refractivity contribution in [2.24, 2.45) is 5.73 Å². The van der Waals surface area contributed by atoms with Crippen LogP contribution in [-0.2, 0) is 14.4 Å². The molecule has 1 aliphatic rings.